The summed E-state index contributed by atoms with van der Waals surface area (Å²) in [6.45, 7) is 3.93. The van der Waals surface area contributed by atoms with Crippen LogP contribution in [0.3, 0.4) is 0 Å². The van der Waals surface area contributed by atoms with Crippen LogP contribution in [0.4, 0.5) is 5.69 Å². The first kappa shape index (κ1) is 16.7. The highest BCUT2D eigenvalue weighted by Gasteiger charge is 2.22. The summed E-state index contributed by atoms with van der Waals surface area (Å²) >= 11 is 0. The minimum atomic E-state index is -4.11. The molecule has 0 unspecified atom stereocenters. The number of sulfonamides is 1. The van der Waals surface area contributed by atoms with E-state index in [2.05, 4.69) is 11.9 Å². The Balaban J connectivity index is 2.83. The number of carbonyl (C=O) groups is 1. The molecule has 23 heavy (non-hydrogen) atoms. The third-order valence-electron chi connectivity index (χ3n) is 3.15. The van der Waals surface area contributed by atoms with E-state index >= 15 is 0 Å². The molecule has 0 aliphatic carbocycles. The average Bonchev–Trinajstić information content (AvgIpc) is 2.51. The number of carboxylic acid groups (broad SMARTS) is 1. The summed E-state index contributed by atoms with van der Waals surface area (Å²) in [7, 11) is -4.11. The highest BCUT2D eigenvalue weighted by Crippen LogP contribution is 2.35. The lowest BCUT2D eigenvalue weighted by Gasteiger charge is -2.16. The SMILES string of the molecule is C=CCNc1cc(C(=O)O)cc(S(N)(=O)=O)c1-c1ccccc1. The maximum atomic E-state index is 12.0. The molecule has 2 aromatic carbocycles. The molecule has 0 spiro atoms. The minimum Gasteiger partial charge on any atom is -0.478 e. The molecule has 0 bridgehead atoms. The van der Waals surface area contributed by atoms with E-state index in [1.165, 1.54) is 6.07 Å². The summed E-state index contributed by atoms with van der Waals surface area (Å²) in [5, 5.41) is 17.5. The number of benzene rings is 2. The zero-order valence-electron chi connectivity index (χ0n) is 12.2. The van der Waals surface area contributed by atoms with Crippen molar-refractivity contribution in [1.29, 1.82) is 0 Å². The van der Waals surface area contributed by atoms with E-state index in [4.69, 9.17) is 5.14 Å². The molecule has 2 aromatic rings. The van der Waals surface area contributed by atoms with Crippen LogP contribution in [-0.4, -0.2) is 26.0 Å². The predicted octanol–water partition coefficient (Wildman–Crippen LogP) is 2.30. The van der Waals surface area contributed by atoms with Gasteiger partial charge in [-0.1, -0.05) is 36.4 Å². The van der Waals surface area contributed by atoms with Crippen LogP contribution in [0.15, 0.2) is 60.0 Å². The van der Waals surface area contributed by atoms with Crippen molar-refractivity contribution < 1.29 is 18.3 Å². The molecule has 0 fully saturated rings. The second-order valence-electron chi connectivity index (χ2n) is 4.78. The van der Waals surface area contributed by atoms with Crippen LogP contribution in [0.5, 0.6) is 0 Å². The Kier molecular flexibility index (Phi) is 4.83. The van der Waals surface area contributed by atoms with Crippen LogP contribution < -0.4 is 10.5 Å². The van der Waals surface area contributed by atoms with Gasteiger partial charge in [0.15, 0.2) is 0 Å². The number of rotatable bonds is 6. The fraction of sp³-hybridized carbons (Fsp3) is 0.0625. The number of carboxylic acids is 1. The molecule has 4 N–H and O–H groups in total. The average molecular weight is 332 g/mol. The molecule has 0 aromatic heterocycles. The van der Waals surface area contributed by atoms with Crippen molar-refractivity contribution in [2.45, 2.75) is 4.90 Å². The third kappa shape index (κ3) is 3.77. The molecule has 7 heteroatoms. The molecular weight excluding hydrogens is 316 g/mol. The molecule has 0 atom stereocenters. The van der Waals surface area contributed by atoms with Gasteiger partial charge in [0.1, 0.15) is 0 Å². The van der Waals surface area contributed by atoms with Crippen LogP contribution in [0.25, 0.3) is 11.1 Å². The van der Waals surface area contributed by atoms with Gasteiger partial charge in [-0.25, -0.2) is 18.4 Å². The summed E-state index contributed by atoms with van der Waals surface area (Å²) in [4.78, 5) is 11.0. The van der Waals surface area contributed by atoms with Crippen LogP contribution in [0.1, 0.15) is 10.4 Å². The topological polar surface area (TPSA) is 109 Å². The molecule has 120 valence electrons. The number of hydrogen-bond acceptors (Lipinski definition) is 4. The Morgan fingerprint density at radius 1 is 1.26 bits per heavy atom. The van der Waals surface area contributed by atoms with Gasteiger partial charge in [0.2, 0.25) is 10.0 Å². The maximum absolute atomic E-state index is 12.0. The molecular formula is C16H16N2O4S. The lowest BCUT2D eigenvalue weighted by molar-refractivity contribution is 0.0696. The quantitative estimate of drug-likeness (QED) is 0.703. The van der Waals surface area contributed by atoms with Crippen molar-refractivity contribution in [1.82, 2.24) is 0 Å². The van der Waals surface area contributed by atoms with Crippen LogP contribution >= 0.6 is 0 Å². The Hall–Kier alpha value is -2.64. The first-order valence-electron chi connectivity index (χ1n) is 6.69. The largest absolute Gasteiger partial charge is 0.478 e. The van der Waals surface area contributed by atoms with E-state index in [0.29, 0.717) is 23.4 Å². The second kappa shape index (κ2) is 6.64. The first-order valence-corrected chi connectivity index (χ1v) is 8.23. The van der Waals surface area contributed by atoms with E-state index < -0.39 is 16.0 Å². The monoisotopic (exact) mass is 332 g/mol. The lowest BCUT2D eigenvalue weighted by Crippen LogP contribution is -2.16. The van der Waals surface area contributed by atoms with Gasteiger partial charge in [-0.05, 0) is 17.7 Å². The fourth-order valence-corrected chi connectivity index (χ4v) is 2.99. The van der Waals surface area contributed by atoms with Gasteiger partial charge in [0, 0.05) is 17.8 Å². The van der Waals surface area contributed by atoms with Gasteiger partial charge >= 0.3 is 5.97 Å². The van der Waals surface area contributed by atoms with Crippen LogP contribution in [0, 0.1) is 0 Å². The Morgan fingerprint density at radius 2 is 1.91 bits per heavy atom. The van der Waals surface area contributed by atoms with Crippen molar-refractivity contribution in [3.63, 3.8) is 0 Å². The smallest absolute Gasteiger partial charge is 0.335 e. The molecule has 0 radical (unpaired) electrons. The maximum Gasteiger partial charge on any atom is 0.335 e. The standard InChI is InChI=1S/C16H16N2O4S/c1-2-8-18-13-9-12(16(19)20)10-14(23(17,21)22)15(13)11-6-4-3-5-7-11/h2-7,9-10,18H,1,8H2,(H,19,20)(H2,17,21,22). The van der Waals surface area contributed by atoms with Gasteiger partial charge in [-0.3, -0.25) is 0 Å². The first-order chi connectivity index (χ1) is 10.8. The van der Waals surface area contributed by atoms with Crippen molar-refractivity contribution >= 4 is 21.7 Å². The number of hydrogen-bond donors (Lipinski definition) is 3. The molecule has 0 aliphatic heterocycles. The summed E-state index contributed by atoms with van der Waals surface area (Å²) in [6, 6.07) is 11.2. The van der Waals surface area contributed by atoms with Gasteiger partial charge in [0.25, 0.3) is 0 Å². The number of nitrogens with one attached hydrogen (secondary N) is 1. The molecule has 6 nitrogen and oxygen atoms in total. The van der Waals surface area contributed by atoms with Crippen LogP contribution in [0.2, 0.25) is 0 Å². The summed E-state index contributed by atoms with van der Waals surface area (Å²) < 4.78 is 23.9. The van der Waals surface area contributed by atoms with E-state index in [1.807, 2.05) is 0 Å². The van der Waals surface area contributed by atoms with Gasteiger partial charge in [0.05, 0.1) is 10.5 Å². The second-order valence-corrected chi connectivity index (χ2v) is 6.31. The van der Waals surface area contributed by atoms with Crippen molar-refractivity contribution in [2.24, 2.45) is 5.14 Å². The summed E-state index contributed by atoms with van der Waals surface area (Å²) in [5.41, 5.74) is 1.14. The molecule has 0 aliphatic rings. The zero-order chi connectivity index (χ0) is 17.0. The highest BCUT2D eigenvalue weighted by atomic mass is 32.2. The zero-order valence-corrected chi connectivity index (χ0v) is 13.0. The summed E-state index contributed by atoms with van der Waals surface area (Å²) in [6.07, 6.45) is 1.58. The van der Waals surface area contributed by atoms with E-state index in [-0.39, 0.29) is 10.5 Å². The van der Waals surface area contributed by atoms with E-state index in [1.54, 1.807) is 36.4 Å². The van der Waals surface area contributed by atoms with E-state index in [0.717, 1.165) is 6.07 Å². The van der Waals surface area contributed by atoms with Crippen molar-refractivity contribution in [3.05, 3.63) is 60.7 Å². The number of nitrogens with two attached hydrogens (primary N) is 1. The fourth-order valence-electron chi connectivity index (χ4n) is 2.19. The van der Waals surface area contributed by atoms with Gasteiger partial charge < -0.3 is 10.4 Å². The number of anilines is 1. The van der Waals surface area contributed by atoms with Crippen LogP contribution in [-0.2, 0) is 10.0 Å². The predicted molar refractivity (Wildman–Crippen MR) is 88.9 cm³/mol. The third-order valence-corrected chi connectivity index (χ3v) is 4.09. The number of aromatic carboxylic acids is 1. The van der Waals surface area contributed by atoms with Gasteiger partial charge in [-0.15, -0.1) is 6.58 Å². The summed E-state index contributed by atoms with van der Waals surface area (Å²) in [5.74, 6) is -1.24. The van der Waals surface area contributed by atoms with Crippen molar-refractivity contribution in [3.8, 4) is 11.1 Å². The molecule has 0 saturated carbocycles. The minimum absolute atomic E-state index is 0.166. The van der Waals surface area contributed by atoms with E-state index in [9.17, 15) is 18.3 Å². The Bertz CT molecular complexity index is 846. The molecule has 0 heterocycles. The van der Waals surface area contributed by atoms with Gasteiger partial charge in [-0.2, -0.15) is 0 Å². The Labute approximate surface area is 134 Å². The molecule has 2 rings (SSSR count). The Morgan fingerprint density at radius 3 is 2.43 bits per heavy atom. The highest BCUT2D eigenvalue weighted by molar-refractivity contribution is 7.89. The normalized spacial score (nSPS) is 11.0. The molecule has 0 saturated heterocycles. The van der Waals surface area contributed by atoms with Crippen molar-refractivity contribution in [2.75, 3.05) is 11.9 Å². The number of primary sulfonamides is 1. The lowest BCUT2D eigenvalue weighted by atomic mass is 10.0. The molecule has 0 amide bonds.